The van der Waals surface area contributed by atoms with Crippen molar-refractivity contribution < 1.29 is 5.11 Å². The molecule has 1 aromatic carbocycles. The first kappa shape index (κ1) is 13.3. The lowest BCUT2D eigenvalue weighted by molar-refractivity contribution is 0.181. The Bertz CT molecular complexity index is 728. The van der Waals surface area contributed by atoms with Crippen LogP contribution in [-0.4, -0.2) is 10.1 Å². The van der Waals surface area contributed by atoms with E-state index in [1.165, 1.54) is 10.4 Å². The second-order valence-electron chi connectivity index (χ2n) is 5.10. The Labute approximate surface area is 122 Å². The molecule has 0 bridgehead atoms. The van der Waals surface area contributed by atoms with Crippen molar-refractivity contribution in [3.63, 3.8) is 0 Å². The van der Waals surface area contributed by atoms with Crippen LogP contribution in [0.4, 0.5) is 0 Å². The monoisotopic (exact) mass is 283 g/mol. The Balaban J connectivity index is 1.85. The average Bonchev–Trinajstić information content (AvgIpc) is 2.79. The maximum absolute atomic E-state index is 10.4. The summed E-state index contributed by atoms with van der Waals surface area (Å²) >= 11 is 1.67. The Kier molecular flexibility index (Phi) is 3.55. The number of pyridine rings is 1. The summed E-state index contributed by atoms with van der Waals surface area (Å²) in [5.74, 6) is 0. The molecule has 3 aromatic rings. The lowest BCUT2D eigenvalue weighted by Crippen LogP contribution is -2.01. The number of hydrogen-bond acceptors (Lipinski definition) is 3. The first-order valence-electron chi connectivity index (χ1n) is 6.73. The van der Waals surface area contributed by atoms with E-state index in [1.54, 1.807) is 11.3 Å². The van der Waals surface area contributed by atoms with E-state index in [9.17, 15) is 5.11 Å². The van der Waals surface area contributed by atoms with Crippen LogP contribution < -0.4 is 0 Å². The van der Waals surface area contributed by atoms with Crippen LogP contribution in [-0.2, 0) is 6.42 Å². The Hall–Kier alpha value is -1.71. The van der Waals surface area contributed by atoms with Gasteiger partial charge in [-0.3, -0.25) is 4.98 Å². The molecule has 0 spiro atoms. The smallest absolute Gasteiger partial charge is 0.0937 e. The van der Waals surface area contributed by atoms with E-state index in [0.29, 0.717) is 6.42 Å². The van der Waals surface area contributed by atoms with Gasteiger partial charge in [0.2, 0.25) is 0 Å². The summed E-state index contributed by atoms with van der Waals surface area (Å²) in [6.07, 6.45) is 0.0885. The minimum absolute atomic E-state index is 0.471. The number of thiophene rings is 1. The fraction of sp³-hybridized carbons (Fsp3) is 0.235. The van der Waals surface area contributed by atoms with Crippen molar-refractivity contribution in [1.29, 1.82) is 0 Å². The Morgan fingerprint density at radius 3 is 2.70 bits per heavy atom. The molecule has 0 aliphatic heterocycles. The van der Waals surface area contributed by atoms with E-state index >= 15 is 0 Å². The van der Waals surface area contributed by atoms with Crippen molar-refractivity contribution in [1.82, 2.24) is 4.98 Å². The highest BCUT2D eigenvalue weighted by atomic mass is 32.1. The summed E-state index contributed by atoms with van der Waals surface area (Å²) in [6, 6.07) is 14.2. The van der Waals surface area contributed by atoms with E-state index in [-0.39, 0.29) is 0 Å². The predicted octanol–water partition coefficient (Wildman–Crippen LogP) is 4.19. The molecule has 0 saturated carbocycles. The molecule has 2 nitrogen and oxygen atoms in total. The van der Waals surface area contributed by atoms with Crippen LogP contribution in [0.1, 0.15) is 27.1 Å². The topological polar surface area (TPSA) is 33.1 Å². The molecule has 3 heteroatoms. The van der Waals surface area contributed by atoms with E-state index < -0.39 is 6.10 Å². The van der Waals surface area contributed by atoms with Gasteiger partial charge in [0.25, 0.3) is 0 Å². The molecule has 0 aliphatic carbocycles. The van der Waals surface area contributed by atoms with Crippen molar-refractivity contribution in [3.05, 3.63) is 63.5 Å². The van der Waals surface area contributed by atoms with Crippen LogP contribution in [0.15, 0.2) is 42.5 Å². The highest BCUT2D eigenvalue weighted by Gasteiger charge is 2.13. The van der Waals surface area contributed by atoms with Gasteiger partial charge < -0.3 is 5.11 Å². The van der Waals surface area contributed by atoms with Gasteiger partial charge in [-0.2, -0.15) is 0 Å². The summed E-state index contributed by atoms with van der Waals surface area (Å²) in [7, 11) is 0. The van der Waals surface area contributed by atoms with Gasteiger partial charge >= 0.3 is 0 Å². The number of aryl methyl sites for hydroxylation is 2. The van der Waals surface area contributed by atoms with Gasteiger partial charge in [-0.05, 0) is 37.6 Å². The van der Waals surface area contributed by atoms with E-state index in [1.807, 2.05) is 24.3 Å². The normalized spacial score (nSPS) is 12.8. The van der Waals surface area contributed by atoms with Gasteiger partial charge in [0.05, 0.1) is 11.6 Å². The minimum atomic E-state index is -0.471. The molecule has 1 atom stereocenters. The van der Waals surface area contributed by atoms with Crippen molar-refractivity contribution in [2.24, 2.45) is 0 Å². The summed E-state index contributed by atoms with van der Waals surface area (Å²) in [5.41, 5.74) is 3.16. The number of benzene rings is 1. The first-order valence-corrected chi connectivity index (χ1v) is 7.55. The molecule has 1 N–H and O–H groups in total. The van der Waals surface area contributed by atoms with Crippen molar-refractivity contribution in [2.45, 2.75) is 26.4 Å². The highest BCUT2D eigenvalue weighted by molar-refractivity contribution is 7.12. The van der Waals surface area contributed by atoms with Crippen LogP contribution in [0, 0.1) is 13.8 Å². The third kappa shape index (κ3) is 2.60. The van der Waals surface area contributed by atoms with Crippen molar-refractivity contribution in [2.75, 3.05) is 0 Å². The van der Waals surface area contributed by atoms with Gasteiger partial charge in [-0.25, -0.2) is 0 Å². The summed E-state index contributed by atoms with van der Waals surface area (Å²) in [5, 5.41) is 11.5. The van der Waals surface area contributed by atoms with Crippen molar-refractivity contribution >= 4 is 22.2 Å². The number of aliphatic hydroxyl groups excluding tert-OH is 1. The molecule has 20 heavy (non-hydrogen) atoms. The van der Waals surface area contributed by atoms with Crippen molar-refractivity contribution in [3.8, 4) is 0 Å². The van der Waals surface area contributed by atoms with Crippen LogP contribution in [0.5, 0.6) is 0 Å². The van der Waals surface area contributed by atoms with Gasteiger partial charge in [-0.1, -0.05) is 24.3 Å². The molecule has 0 amide bonds. The third-order valence-electron chi connectivity index (χ3n) is 3.57. The number of aliphatic hydroxyl groups is 1. The van der Waals surface area contributed by atoms with Crippen LogP contribution in [0.2, 0.25) is 0 Å². The quantitative estimate of drug-likeness (QED) is 0.782. The van der Waals surface area contributed by atoms with E-state index in [2.05, 4.69) is 37.0 Å². The van der Waals surface area contributed by atoms with Crippen LogP contribution in [0.3, 0.4) is 0 Å². The Morgan fingerprint density at radius 1 is 1.15 bits per heavy atom. The number of hydrogen-bond donors (Lipinski definition) is 1. The van der Waals surface area contributed by atoms with Crippen LogP contribution >= 0.6 is 11.3 Å². The minimum Gasteiger partial charge on any atom is -0.387 e. The van der Waals surface area contributed by atoms with Gasteiger partial charge in [-0.15, -0.1) is 11.3 Å². The molecule has 0 aliphatic rings. The van der Waals surface area contributed by atoms with E-state index in [4.69, 9.17) is 0 Å². The van der Waals surface area contributed by atoms with E-state index in [0.717, 1.165) is 21.5 Å². The molecule has 1 unspecified atom stereocenters. The van der Waals surface area contributed by atoms with Gasteiger partial charge in [0.1, 0.15) is 0 Å². The molecule has 3 rings (SSSR count). The Morgan fingerprint density at radius 2 is 1.95 bits per heavy atom. The largest absolute Gasteiger partial charge is 0.387 e. The number of para-hydroxylation sites is 1. The summed E-state index contributed by atoms with van der Waals surface area (Å²) < 4.78 is 0. The average molecular weight is 283 g/mol. The number of fused-ring (bicyclic) bond motifs is 1. The zero-order valence-corrected chi connectivity index (χ0v) is 12.4. The lowest BCUT2D eigenvalue weighted by atomic mass is 10.1. The van der Waals surface area contributed by atoms with Gasteiger partial charge in [0, 0.05) is 27.3 Å². The zero-order chi connectivity index (χ0) is 14.1. The number of rotatable bonds is 3. The molecule has 0 saturated heterocycles. The second-order valence-corrected chi connectivity index (χ2v) is 6.39. The molecular formula is C17H17NOS. The zero-order valence-electron chi connectivity index (χ0n) is 11.6. The molecule has 102 valence electrons. The lowest BCUT2D eigenvalue weighted by Gasteiger charge is -2.08. The highest BCUT2D eigenvalue weighted by Crippen LogP contribution is 2.28. The second kappa shape index (κ2) is 5.35. The maximum atomic E-state index is 10.4. The fourth-order valence-electron chi connectivity index (χ4n) is 2.29. The summed E-state index contributed by atoms with van der Waals surface area (Å²) in [6.45, 7) is 4.17. The third-order valence-corrected chi connectivity index (χ3v) is 4.83. The predicted molar refractivity (Wildman–Crippen MR) is 84.2 cm³/mol. The molecule has 0 radical (unpaired) electrons. The number of nitrogens with zero attached hydrogens (tertiary/aromatic N) is 1. The fourth-order valence-corrected chi connectivity index (χ4v) is 3.32. The molecular weight excluding hydrogens is 266 g/mol. The number of aromatic nitrogens is 1. The maximum Gasteiger partial charge on any atom is 0.0937 e. The standard InChI is InChI=1S/C17H17NOS/c1-11-9-17(20-12(11)2)16(19)10-14-8-7-13-5-3-4-6-15(13)18-14/h3-9,16,19H,10H2,1-2H3. The molecule has 0 fully saturated rings. The van der Waals surface area contributed by atoms with Crippen LogP contribution in [0.25, 0.3) is 10.9 Å². The SMILES string of the molecule is Cc1cc(C(O)Cc2ccc3ccccc3n2)sc1C. The summed E-state index contributed by atoms with van der Waals surface area (Å²) in [4.78, 5) is 6.91. The first-order chi connectivity index (χ1) is 9.63. The molecule has 2 aromatic heterocycles. The molecule has 2 heterocycles. The van der Waals surface area contributed by atoms with Gasteiger partial charge in [0.15, 0.2) is 0 Å².